The van der Waals surface area contributed by atoms with Crippen molar-refractivity contribution >= 4 is 40.9 Å². The van der Waals surface area contributed by atoms with E-state index in [0.29, 0.717) is 28.8 Å². The van der Waals surface area contributed by atoms with E-state index in [9.17, 15) is 9.59 Å². The third-order valence-corrected chi connectivity index (χ3v) is 5.73. The third-order valence-electron chi connectivity index (χ3n) is 4.49. The van der Waals surface area contributed by atoms with E-state index in [0.717, 1.165) is 17.9 Å². The fraction of sp³-hybridized carbons (Fsp3) is 0.273. The SMILES string of the molecule is CCCNC(=O)c1ccc(NC(=O)CSc2nnc(C)n2-c2ccc(OC)cc2)cc1Cl. The molecule has 0 aliphatic heterocycles. The van der Waals surface area contributed by atoms with Crippen molar-refractivity contribution in [2.45, 2.75) is 25.4 Å². The smallest absolute Gasteiger partial charge is 0.252 e. The number of aromatic nitrogens is 3. The van der Waals surface area contributed by atoms with Crippen LogP contribution < -0.4 is 15.4 Å². The Labute approximate surface area is 195 Å². The van der Waals surface area contributed by atoms with E-state index in [2.05, 4.69) is 20.8 Å². The van der Waals surface area contributed by atoms with Crippen molar-refractivity contribution in [2.75, 3.05) is 24.7 Å². The highest BCUT2D eigenvalue weighted by atomic mass is 35.5. The van der Waals surface area contributed by atoms with Crippen molar-refractivity contribution < 1.29 is 14.3 Å². The average Bonchev–Trinajstić information content (AvgIpc) is 3.16. The van der Waals surface area contributed by atoms with Crippen molar-refractivity contribution in [3.05, 3.63) is 58.9 Å². The van der Waals surface area contributed by atoms with E-state index < -0.39 is 0 Å². The lowest BCUT2D eigenvalue weighted by Gasteiger charge is -2.10. The van der Waals surface area contributed by atoms with Crippen LogP contribution in [0.2, 0.25) is 5.02 Å². The number of nitrogens with one attached hydrogen (secondary N) is 2. The number of aryl methyl sites for hydroxylation is 1. The number of hydrogen-bond acceptors (Lipinski definition) is 6. The second-order valence-corrected chi connectivity index (χ2v) is 8.20. The maximum absolute atomic E-state index is 12.5. The number of nitrogens with zero attached hydrogens (tertiary/aromatic N) is 3. The molecule has 2 N–H and O–H groups in total. The summed E-state index contributed by atoms with van der Waals surface area (Å²) in [5.74, 6) is 1.13. The molecule has 8 nitrogen and oxygen atoms in total. The molecule has 0 aliphatic carbocycles. The summed E-state index contributed by atoms with van der Waals surface area (Å²) in [5.41, 5.74) is 1.76. The lowest BCUT2D eigenvalue weighted by Crippen LogP contribution is -2.24. The quantitative estimate of drug-likeness (QED) is 0.454. The largest absolute Gasteiger partial charge is 0.497 e. The van der Waals surface area contributed by atoms with Crippen LogP contribution in [-0.2, 0) is 4.79 Å². The lowest BCUT2D eigenvalue weighted by molar-refractivity contribution is -0.113. The number of methoxy groups -OCH3 is 1. The topological polar surface area (TPSA) is 98.1 Å². The highest BCUT2D eigenvalue weighted by Crippen LogP contribution is 2.25. The van der Waals surface area contributed by atoms with Gasteiger partial charge in [0.05, 0.1) is 23.4 Å². The van der Waals surface area contributed by atoms with Crippen molar-refractivity contribution in [3.8, 4) is 11.4 Å². The monoisotopic (exact) mass is 473 g/mol. The zero-order valence-corrected chi connectivity index (χ0v) is 19.6. The molecule has 32 heavy (non-hydrogen) atoms. The minimum absolute atomic E-state index is 0.130. The van der Waals surface area contributed by atoms with Gasteiger partial charge in [-0.3, -0.25) is 14.2 Å². The summed E-state index contributed by atoms with van der Waals surface area (Å²) < 4.78 is 7.07. The lowest BCUT2D eigenvalue weighted by atomic mass is 10.2. The number of halogens is 1. The van der Waals surface area contributed by atoms with Gasteiger partial charge in [0.15, 0.2) is 5.16 Å². The summed E-state index contributed by atoms with van der Waals surface area (Å²) in [4.78, 5) is 24.6. The molecule has 0 saturated heterocycles. The first-order chi connectivity index (χ1) is 15.4. The van der Waals surface area contributed by atoms with Gasteiger partial charge in [0.1, 0.15) is 11.6 Å². The van der Waals surface area contributed by atoms with Crippen LogP contribution in [0.3, 0.4) is 0 Å². The number of carbonyl (C=O) groups is 2. The fourth-order valence-corrected chi connectivity index (χ4v) is 3.97. The van der Waals surface area contributed by atoms with Crippen molar-refractivity contribution in [3.63, 3.8) is 0 Å². The number of ether oxygens (including phenoxy) is 1. The standard InChI is InChI=1S/C22H24ClN5O3S/c1-4-11-24-21(30)18-10-5-15(12-19(18)23)25-20(29)13-32-22-27-26-14(2)28(22)16-6-8-17(31-3)9-7-16/h5-10,12H,4,11,13H2,1-3H3,(H,24,30)(H,25,29). The van der Waals surface area contributed by atoms with Gasteiger partial charge in [0, 0.05) is 17.9 Å². The van der Waals surface area contributed by atoms with Gasteiger partial charge in [0.2, 0.25) is 5.91 Å². The van der Waals surface area contributed by atoms with Gasteiger partial charge in [-0.2, -0.15) is 0 Å². The molecule has 0 unspecified atom stereocenters. The van der Waals surface area contributed by atoms with Crippen molar-refractivity contribution in [2.24, 2.45) is 0 Å². The van der Waals surface area contributed by atoms with Crippen LogP contribution in [0.15, 0.2) is 47.6 Å². The number of benzene rings is 2. The van der Waals surface area contributed by atoms with Gasteiger partial charge in [-0.25, -0.2) is 0 Å². The summed E-state index contributed by atoms with van der Waals surface area (Å²) in [6.07, 6.45) is 0.834. The van der Waals surface area contributed by atoms with Crippen molar-refractivity contribution in [1.82, 2.24) is 20.1 Å². The van der Waals surface area contributed by atoms with E-state index in [1.54, 1.807) is 25.3 Å². The second kappa shape index (κ2) is 11.0. The molecule has 0 aliphatic rings. The Morgan fingerprint density at radius 1 is 1.16 bits per heavy atom. The maximum atomic E-state index is 12.5. The van der Waals surface area contributed by atoms with Crippen LogP contribution >= 0.6 is 23.4 Å². The molecule has 0 bridgehead atoms. The first kappa shape index (κ1) is 23.6. The minimum atomic E-state index is -0.237. The highest BCUT2D eigenvalue weighted by Gasteiger charge is 2.15. The molecule has 2 aromatic carbocycles. The maximum Gasteiger partial charge on any atom is 0.252 e. The molecule has 0 saturated carbocycles. The molecule has 2 amide bonds. The molecular weight excluding hydrogens is 450 g/mol. The first-order valence-corrected chi connectivity index (χ1v) is 11.4. The predicted molar refractivity (Wildman–Crippen MR) is 126 cm³/mol. The first-order valence-electron chi connectivity index (χ1n) is 9.99. The number of hydrogen-bond donors (Lipinski definition) is 2. The Bertz CT molecular complexity index is 1100. The Kier molecular flexibility index (Phi) is 8.13. The van der Waals surface area contributed by atoms with Gasteiger partial charge in [0.25, 0.3) is 5.91 Å². The van der Waals surface area contributed by atoms with Gasteiger partial charge >= 0.3 is 0 Å². The van der Waals surface area contributed by atoms with Crippen LogP contribution in [-0.4, -0.2) is 46.0 Å². The Hall–Kier alpha value is -3.04. The average molecular weight is 474 g/mol. The molecule has 10 heteroatoms. The van der Waals surface area contributed by atoms with Crippen LogP contribution in [0, 0.1) is 6.92 Å². The van der Waals surface area contributed by atoms with Crippen LogP contribution in [0.1, 0.15) is 29.5 Å². The number of amides is 2. The molecule has 0 spiro atoms. The molecule has 0 radical (unpaired) electrons. The fourth-order valence-electron chi connectivity index (χ4n) is 2.90. The third kappa shape index (κ3) is 5.80. The number of anilines is 1. The molecular formula is C22H24ClN5O3S. The molecule has 168 valence electrons. The molecule has 1 heterocycles. The predicted octanol–water partition coefficient (Wildman–Crippen LogP) is 4.11. The van der Waals surface area contributed by atoms with E-state index in [4.69, 9.17) is 16.3 Å². The van der Waals surface area contributed by atoms with Crippen molar-refractivity contribution in [1.29, 1.82) is 0 Å². The zero-order valence-electron chi connectivity index (χ0n) is 18.0. The van der Waals surface area contributed by atoms with Gasteiger partial charge in [-0.15, -0.1) is 10.2 Å². The summed E-state index contributed by atoms with van der Waals surface area (Å²) >= 11 is 7.49. The van der Waals surface area contributed by atoms with Crippen LogP contribution in [0.4, 0.5) is 5.69 Å². The number of rotatable bonds is 9. The number of carbonyl (C=O) groups excluding carboxylic acids is 2. The van der Waals surface area contributed by atoms with E-state index in [-0.39, 0.29) is 22.6 Å². The molecule has 0 fully saturated rings. The summed E-state index contributed by atoms with van der Waals surface area (Å²) in [6.45, 7) is 4.40. The Morgan fingerprint density at radius 2 is 1.91 bits per heavy atom. The zero-order chi connectivity index (χ0) is 23.1. The minimum Gasteiger partial charge on any atom is -0.497 e. The van der Waals surface area contributed by atoms with E-state index >= 15 is 0 Å². The van der Waals surface area contributed by atoms with E-state index in [1.165, 1.54) is 11.8 Å². The Morgan fingerprint density at radius 3 is 2.56 bits per heavy atom. The Balaban J connectivity index is 1.63. The van der Waals surface area contributed by atoms with Crippen LogP contribution in [0.25, 0.3) is 5.69 Å². The van der Waals surface area contributed by atoms with Gasteiger partial charge in [-0.05, 0) is 55.8 Å². The molecule has 3 aromatic rings. The molecule has 3 rings (SSSR count). The summed E-state index contributed by atoms with van der Waals surface area (Å²) in [6, 6.07) is 12.3. The highest BCUT2D eigenvalue weighted by molar-refractivity contribution is 7.99. The molecule has 0 atom stereocenters. The normalized spacial score (nSPS) is 10.6. The van der Waals surface area contributed by atoms with Gasteiger partial charge < -0.3 is 15.4 Å². The number of thioether (sulfide) groups is 1. The van der Waals surface area contributed by atoms with E-state index in [1.807, 2.05) is 42.7 Å². The summed E-state index contributed by atoms with van der Waals surface area (Å²) in [7, 11) is 1.61. The summed E-state index contributed by atoms with van der Waals surface area (Å²) in [5, 5.41) is 14.8. The van der Waals surface area contributed by atoms with Crippen LogP contribution in [0.5, 0.6) is 5.75 Å². The second-order valence-electron chi connectivity index (χ2n) is 6.85. The molecule has 1 aromatic heterocycles. The van der Waals surface area contributed by atoms with Gasteiger partial charge in [-0.1, -0.05) is 30.3 Å².